The van der Waals surface area contributed by atoms with Gasteiger partial charge in [0, 0.05) is 32.0 Å². The topological polar surface area (TPSA) is 83.4 Å². The van der Waals surface area contributed by atoms with Gasteiger partial charge in [-0.1, -0.05) is 19.3 Å². The second-order valence-electron chi connectivity index (χ2n) is 5.98. The number of carbonyl (C=O) groups is 1. The molecule has 122 valence electrons. The summed E-state index contributed by atoms with van der Waals surface area (Å²) in [5.74, 6) is 0.437. The molecule has 1 unspecified atom stereocenters. The molecule has 1 atom stereocenters. The number of aliphatic hydroxyl groups excluding tert-OH is 1. The van der Waals surface area contributed by atoms with Crippen molar-refractivity contribution < 1.29 is 9.90 Å². The van der Waals surface area contributed by atoms with Crippen molar-refractivity contribution in [2.24, 2.45) is 13.0 Å². The predicted molar refractivity (Wildman–Crippen MR) is 85.9 cm³/mol. The van der Waals surface area contributed by atoms with Crippen LogP contribution in [-0.4, -0.2) is 28.4 Å². The van der Waals surface area contributed by atoms with Gasteiger partial charge in [0.15, 0.2) is 0 Å². The summed E-state index contributed by atoms with van der Waals surface area (Å²) in [5.41, 5.74) is 0.456. The molecule has 0 aromatic carbocycles. The van der Waals surface area contributed by atoms with Crippen molar-refractivity contribution in [3.63, 3.8) is 0 Å². The third-order valence-corrected chi connectivity index (χ3v) is 4.32. The Morgan fingerprint density at radius 2 is 2.09 bits per heavy atom. The van der Waals surface area contributed by atoms with E-state index in [2.05, 4.69) is 10.6 Å². The van der Waals surface area contributed by atoms with E-state index in [1.807, 2.05) is 0 Å². The van der Waals surface area contributed by atoms with E-state index in [9.17, 15) is 14.7 Å². The number of urea groups is 1. The van der Waals surface area contributed by atoms with E-state index < -0.39 is 0 Å². The number of pyridine rings is 1. The number of carbonyl (C=O) groups excluding carboxylic acids is 1. The van der Waals surface area contributed by atoms with Crippen LogP contribution in [-0.2, 0) is 7.05 Å². The zero-order chi connectivity index (χ0) is 15.9. The Labute approximate surface area is 130 Å². The minimum Gasteiger partial charge on any atom is -0.396 e. The minimum absolute atomic E-state index is 0.00201. The van der Waals surface area contributed by atoms with Crippen LogP contribution in [0.3, 0.4) is 0 Å². The molecule has 1 aliphatic rings. The number of rotatable bonds is 5. The van der Waals surface area contributed by atoms with Crippen LogP contribution < -0.4 is 16.2 Å². The Morgan fingerprint density at radius 3 is 2.73 bits per heavy atom. The first-order valence-corrected chi connectivity index (χ1v) is 7.95. The standard InChI is InChI=1S/C16H25N3O3/c1-19-11-13(7-8-15(19)21)17-16(22)18-14(9-10-20)12-5-3-2-4-6-12/h7-8,11-12,14,20H,2-6,9-10H2,1H3,(H2,17,18,22). The van der Waals surface area contributed by atoms with Gasteiger partial charge in [0.2, 0.25) is 5.56 Å². The molecule has 2 amide bonds. The van der Waals surface area contributed by atoms with E-state index in [1.165, 1.54) is 29.9 Å². The lowest BCUT2D eigenvalue weighted by atomic mass is 9.83. The van der Waals surface area contributed by atoms with E-state index in [-0.39, 0.29) is 24.2 Å². The lowest BCUT2D eigenvalue weighted by molar-refractivity contribution is 0.202. The minimum atomic E-state index is -0.289. The molecule has 0 aliphatic heterocycles. The van der Waals surface area contributed by atoms with Crippen molar-refractivity contribution in [3.05, 3.63) is 28.7 Å². The zero-order valence-corrected chi connectivity index (χ0v) is 13.0. The highest BCUT2D eigenvalue weighted by Crippen LogP contribution is 2.27. The van der Waals surface area contributed by atoms with E-state index >= 15 is 0 Å². The largest absolute Gasteiger partial charge is 0.396 e. The fraction of sp³-hybridized carbons (Fsp3) is 0.625. The SMILES string of the molecule is Cn1cc(NC(=O)NC(CCO)C2CCCCC2)ccc1=O. The molecule has 1 aromatic heterocycles. The van der Waals surface area contributed by atoms with Crippen LogP contribution in [0.4, 0.5) is 10.5 Å². The summed E-state index contributed by atoms with van der Waals surface area (Å²) >= 11 is 0. The van der Waals surface area contributed by atoms with Gasteiger partial charge in [-0.05, 0) is 31.2 Å². The number of hydrogen-bond donors (Lipinski definition) is 3. The number of hydrogen-bond acceptors (Lipinski definition) is 3. The molecule has 1 heterocycles. The summed E-state index contributed by atoms with van der Waals surface area (Å²) in [7, 11) is 1.64. The maximum Gasteiger partial charge on any atom is 0.319 e. The molecule has 6 heteroatoms. The fourth-order valence-corrected chi connectivity index (χ4v) is 3.10. The summed E-state index contributed by atoms with van der Waals surface area (Å²) in [6.45, 7) is 0.0707. The van der Waals surface area contributed by atoms with Crippen molar-refractivity contribution in [2.75, 3.05) is 11.9 Å². The molecule has 0 bridgehead atoms. The Bertz CT molecular complexity index is 550. The fourth-order valence-electron chi connectivity index (χ4n) is 3.10. The van der Waals surface area contributed by atoms with E-state index in [1.54, 1.807) is 19.3 Å². The van der Waals surface area contributed by atoms with Gasteiger partial charge in [-0.15, -0.1) is 0 Å². The Kier molecular flexibility index (Phi) is 6.00. The smallest absolute Gasteiger partial charge is 0.319 e. The summed E-state index contributed by atoms with van der Waals surface area (Å²) in [6, 6.07) is 2.71. The maximum atomic E-state index is 12.1. The monoisotopic (exact) mass is 307 g/mol. The van der Waals surface area contributed by atoms with Crippen LogP contribution in [0, 0.1) is 5.92 Å². The summed E-state index contributed by atoms with van der Waals surface area (Å²) in [4.78, 5) is 23.5. The molecule has 0 spiro atoms. The number of amides is 2. The number of nitrogens with zero attached hydrogens (tertiary/aromatic N) is 1. The van der Waals surface area contributed by atoms with Crippen molar-refractivity contribution in [1.29, 1.82) is 0 Å². The van der Waals surface area contributed by atoms with E-state index in [4.69, 9.17) is 0 Å². The van der Waals surface area contributed by atoms with Crippen molar-refractivity contribution >= 4 is 11.7 Å². The van der Waals surface area contributed by atoms with Gasteiger partial charge in [0.1, 0.15) is 0 Å². The second kappa shape index (κ2) is 7.98. The highest BCUT2D eigenvalue weighted by Gasteiger charge is 2.24. The van der Waals surface area contributed by atoms with Crippen LogP contribution in [0.15, 0.2) is 23.1 Å². The van der Waals surface area contributed by atoms with Gasteiger partial charge < -0.3 is 20.3 Å². The van der Waals surface area contributed by atoms with Crippen LogP contribution in [0.2, 0.25) is 0 Å². The lowest BCUT2D eigenvalue weighted by Gasteiger charge is -2.30. The highest BCUT2D eigenvalue weighted by atomic mass is 16.3. The highest BCUT2D eigenvalue weighted by molar-refractivity contribution is 5.89. The molecular weight excluding hydrogens is 282 g/mol. The molecule has 0 radical (unpaired) electrons. The van der Waals surface area contributed by atoms with Gasteiger partial charge in [-0.2, -0.15) is 0 Å². The van der Waals surface area contributed by atoms with Gasteiger partial charge in [-0.25, -0.2) is 4.79 Å². The Balaban J connectivity index is 1.94. The molecule has 22 heavy (non-hydrogen) atoms. The molecule has 1 fully saturated rings. The number of nitrogens with one attached hydrogen (secondary N) is 2. The van der Waals surface area contributed by atoms with Crippen LogP contribution >= 0.6 is 0 Å². The second-order valence-corrected chi connectivity index (χ2v) is 5.98. The van der Waals surface area contributed by atoms with Gasteiger partial charge in [-0.3, -0.25) is 4.79 Å². The molecule has 1 saturated carbocycles. The van der Waals surface area contributed by atoms with Crippen LogP contribution in [0.5, 0.6) is 0 Å². The van der Waals surface area contributed by atoms with Crippen molar-refractivity contribution in [1.82, 2.24) is 9.88 Å². The first-order chi connectivity index (χ1) is 10.6. The normalized spacial score (nSPS) is 17.0. The third kappa shape index (κ3) is 4.59. The average molecular weight is 307 g/mol. The molecule has 3 N–H and O–H groups in total. The quantitative estimate of drug-likeness (QED) is 0.776. The van der Waals surface area contributed by atoms with Crippen molar-refractivity contribution in [2.45, 2.75) is 44.6 Å². The van der Waals surface area contributed by atoms with Crippen LogP contribution in [0.25, 0.3) is 0 Å². The lowest BCUT2D eigenvalue weighted by Crippen LogP contribution is -2.43. The number of aromatic nitrogens is 1. The molecular formula is C16H25N3O3. The molecule has 0 saturated heterocycles. The van der Waals surface area contributed by atoms with Crippen molar-refractivity contribution in [3.8, 4) is 0 Å². The number of aryl methyl sites for hydroxylation is 1. The molecule has 2 rings (SSSR count). The summed E-state index contributed by atoms with van der Waals surface area (Å²) in [5, 5.41) is 14.9. The summed E-state index contributed by atoms with van der Waals surface area (Å²) in [6.07, 6.45) is 8.00. The van der Waals surface area contributed by atoms with E-state index in [0.717, 1.165) is 12.8 Å². The molecule has 6 nitrogen and oxygen atoms in total. The first-order valence-electron chi connectivity index (χ1n) is 7.95. The first kappa shape index (κ1) is 16.5. The molecule has 1 aliphatic carbocycles. The third-order valence-electron chi connectivity index (χ3n) is 4.32. The predicted octanol–water partition coefficient (Wildman–Crippen LogP) is 1.84. The summed E-state index contributed by atoms with van der Waals surface area (Å²) < 4.78 is 1.42. The average Bonchev–Trinajstić information content (AvgIpc) is 2.51. The Hall–Kier alpha value is -1.82. The van der Waals surface area contributed by atoms with E-state index in [0.29, 0.717) is 18.0 Å². The number of aliphatic hydroxyl groups is 1. The van der Waals surface area contributed by atoms with Gasteiger partial charge in [0.05, 0.1) is 5.69 Å². The molecule has 1 aromatic rings. The van der Waals surface area contributed by atoms with Crippen LogP contribution in [0.1, 0.15) is 38.5 Å². The number of anilines is 1. The zero-order valence-electron chi connectivity index (χ0n) is 13.0. The maximum absolute atomic E-state index is 12.1. The van der Waals surface area contributed by atoms with Gasteiger partial charge in [0.25, 0.3) is 0 Å². The Morgan fingerprint density at radius 1 is 1.36 bits per heavy atom. The van der Waals surface area contributed by atoms with Gasteiger partial charge >= 0.3 is 6.03 Å².